The molecule has 0 saturated carbocycles. The number of aliphatic hydroxyl groups is 4. The molecule has 4 N–H and O–H groups in total. The number of anilines is 1. The van der Waals surface area contributed by atoms with E-state index in [2.05, 4.69) is 48.2 Å². The lowest BCUT2D eigenvalue weighted by Gasteiger charge is -2.40. The van der Waals surface area contributed by atoms with Crippen LogP contribution in [0.15, 0.2) is 36.4 Å². The largest absolute Gasteiger partial charge is 0.395 e. The fourth-order valence-electron chi connectivity index (χ4n) is 4.74. The minimum atomic E-state index is -1.31. The molecule has 0 bridgehead atoms. The van der Waals surface area contributed by atoms with E-state index in [9.17, 15) is 20.4 Å². The molecule has 2 heterocycles. The Balaban J connectivity index is 1.66. The Morgan fingerprint density at radius 2 is 1.75 bits per heavy atom. The lowest BCUT2D eigenvalue weighted by Crippen LogP contribution is -2.51. The number of nitrogens with zero attached hydrogens (tertiary/aromatic N) is 1. The number of fused-ring (bicyclic) bond motifs is 1. The Kier molecular flexibility index (Phi) is 7.44. The Morgan fingerprint density at radius 3 is 2.41 bits per heavy atom. The first-order chi connectivity index (χ1) is 15.5. The van der Waals surface area contributed by atoms with Crippen LogP contribution >= 0.6 is 11.8 Å². The Hall–Kier alpha value is -1.61. The van der Waals surface area contributed by atoms with Crippen molar-refractivity contribution in [2.24, 2.45) is 0 Å². The van der Waals surface area contributed by atoms with Crippen molar-refractivity contribution in [1.82, 2.24) is 0 Å². The molecule has 32 heavy (non-hydrogen) atoms. The summed E-state index contributed by atoms with van der Waals surface area (Å²) in [5.41, 5.74) is 6.82. The molecule has 2 unspecified atom stereocenters. The summed E-state index contributed by atoms with van der Waals surface area (Å²) in [6.07, 6.45) is -1.65. The minimum absolute atomic E-state index is 0.267. The van der Waals surface area contributed by atoms with Crippen LogP contribution in [-0.4, -0.2) is 64.2 Å². The van der Waals surface area contributed by atoms with Gasteiger partial charge in [0.25, 0.3) is 0 Å². The lowest BCUT2D eigenvalue weighted by atomic mass is 9.92. The molecule has 174 valence electrons. The average Bonchev–Trinajstić information content (AvgIpc) is 3.19. The SMILES string of the molecule is CCc1ccc(CN2CCc3cc(COC)c(C4S[C@H](CO)[C@@H](O)C(O)[C@H]4O)cc32)cc1. The first-order valence-electron chi connectivity index (χ1n) is 11.2. The van der Waals surface area contributed by atoms with Crippen molar-refractivity contribution >= 4 is 17.4 Å². The van der Waals surface area contributed by atoms with Gasteiger partial charge >= 0.3 is 0 Å². The number of rotatable bonds is 7. The van der Waals surface area contributed by atoms with Crippen molar-refractivity contribution in [1.29, 1.82) is 0 Å². The summed E-state index contributed by atoms with van der Waals surface area (Å²) in [5.74, 6) is 0. The molecular weight excluding hydrogens is 426 g/mol. The van der Waals surface area contributed by atoms with E-state index in [0.717, 1.165) is 42.7 Å². The number of hydrogen-bond acceptors (Lipinski definition) is 7. The number of aliphatic hydroxyl groups excluding tert-OH is 4. The third kappa shape index (κ3) is 4.55. The van der Waals surface area contributed by atoms with Gasteiger partial charge in [-0.3, -0.25) is 0 Å². The summed E-state index contributed by atoms with van der Waals surface area (Å²) in [6.45, 7) is 4.01. The summed E-state index contributed by atoms with van der Waals surface area (Å²) in [7, 11) is 1.64. The van der Waals surface area contributed by atoms with Crippen molar-refractivity contribution in [2.45, 2.75) is 61.7 Å². The first-order valence-corrected chi connectivity index (χ1v) is 12.2. The zero-order valence-corrected chi connectivity index (χ0v) is 19.5. The van der Waals surface area contributed by atoms with Gasteiger partial charge in [-0.25, -0.2) is 0 Å². The van der Waals surface area contributed by atoms with Crippen LogP contribution in [0.25, 0.3) is 0 Å². The molecule has 1 saturated heterocycles. The second-order valence-electron chi connectivity index (χ2n) is 8.70. The van der Waals surface area contributed by atoms with Crippen molar-refractivity contribution in [2.75, 3.05) is 25.2 Å². The van der Waals surface area contributed by atoms with Crippen LogP contribution in [0.3, 0.4) is 0 Å². The Bertz CT molecular complexity index is 919. The molecule has 0 radical (unpaired) electrons. The Labute approximate surface area is 193 Å². The van der Waals surface area contributed by atoms with E-state index >= 15 is 0 Å². The van der Waals surface area contributed by atoms with Crippen LogP contribution in [0.4, 0.5) is 5.69 Å². The van der Waals surface area contributed by atoms with Gasteiger partial charge in [0, 0.05) is 25.9 Å². The topological polar surface area (TPSA) is 93.4 Å². The summed E-state index contributed by atoms with van der Waals surface area (Å²) in [4.78, 5) is 2.35. The van der Waals surface area contributed by atoms with E-state index in [-0.39, 0.29) is 6.61 Å². The fourth-order valence-corrected chi connectivity index (χ4v) is 6.21. The van der Waals surface area contributed by atoms with Gasteiger partial charge in [0.1, 0.15) is 6.10 Å². The molecular formula is C25H33NO5S. The van der Waals surface area contributed by atoms with Crippen LogP contribution in [0.1, 0.15) is 40.0 Å². The molecule has 6 nitrogen and oxygen atoms in total. The van der Waals surface area contributed by atoms with Crippen molar-refractivity contribution in [3.63, 3.8) is 0 Å². The molecule has 2 aromatic carbocycles. The maximum atomic E-state index is 10.8. The molecule has 1 fully saturated rings. The predicted molar refractivity (Wildman–Crippen MR) is 127 cm³/mol. The number of hydrogen-bond donors (Lipinski definition) is 4. The molecule has 2 aromatic rings. The number of thioether (sulfide) groups is 1. The van der Waals surface area contributed by atoms with Crippen LogP contribution in [0.5, 0.6) is 0 Å². The normalized spacial score (nSPS) is 27.6. The van der Waals surface area contributed by atoms with Crippen molar-refractivity contribution in [3.8, 4) is 0 Å². The quantitative estimate of drug-likeness (QED) is 0.504. The van der Waals surface area contributed by atoms with E-state index in [4.69, 9.17) is 4.74 Å². The van der Waals surface area contributed by atoms with Crippen molar-refractivity contribution in [3.05, 3.63) is 64.2 Å². The van der Waals surface area contributed by atoms with E-state index < -0.39 is 28.8 Å². The fraction of sp³-hybridized carbons (Fsp3) is 0.520. The van der Waals surface area contributed by atoms with E-state index in [0.29, 0.717) is 6.61 Å². The Morgan fingerprint density at radius 1 is 1.03 bits per heavy atom. The van der Waals surface area contributed by atoms with Gasteiger partial charge in [0.05, 0.1) is 35.9 Å². The molecule has 0 amide bonds. The van der Waals surface area contributed by atoms with E-state index in [1.165, 1.54) is 28.5 Å². The highest BCUT2D eigenvalue weighted by molar-refractivity contribution is 8.00. The number of aryl methyl sites for hydroxylation is 1. The highest BCUT2D eigenvalue weighted by Crippen LogP contribution is 2.46. The number of benzene rings is 2. The van der Waals surface area contributed by atoms with Crippen LogP contribution in [0.2, 0.25) is 0 Å². The van der Waals surface area contributed by atoms with Gasteiger partial charge in [-0.05, 0) is 46.7 Å². The third-order valence-corrected chi connectivity index (χ3v) is 8.24. The highest BCUT2D eigenvalue weighted by Gasteiger charge is 2.44. The van der Waals surface area contributed by atoms with Crippen molar-refractivity contribution < 1.29 is 25.2 Å². The van der Waals surface area contributed by atoms with Crippen LogP contribution in [0, 0.1) is 0 Å². The van der Waals surface area contributed by atoms with Gasteiger partial charge in [0.15, 0.2) is 0 Å². The van der Waals surface area contributed by atoms with Gasteiger partial charge in [0.2, 0.25) is 0 Å². The molecule has 2 aliphatic rings. The number of ether oxygens (including phenoxy) is 1. The standard InChI is InChI=1S/C25H33NO5S/c1-3-15-4-6-16(7-5-15)12-26-9-8-17-10-18(14-31-2)19(11-20(17)26)25-24(30)23(29)22(28)21(13-27)32-25/h4-7,10-11,21-25,27-30H,3,8-9,12-14H2,1-2H3/t21-,22-,23?,24-,25?/m1/s1. The molecule has 0 aliphatic carbocycles. The highest BCUT2D eigenvalue weighted by atomic mass is 32.2. The summed E-state index contributed by atoms with van der Waals surface area (Å²) < 4.78 is 5.43. The zero-order chi connectivity index (χ0) is 22.8. The summed E-state index contributed by atoms with van der Waals surface area (Å²) in [5, 5.41) is 40.1. The molecule has 4 rings (SSSR count). The predicted octanol–water partition coefficient (Wildman–Crippen LogP) is 2.19. The van der Waals surface area contributed by atoms with E-state index in [1.54, 1.807) is 7.11 Å². The molecule has 0 aromatic heterocycles. The first kappa shape index (κ1) is 23.5. The smallest absolute Gasteiger partial charge is 0.108 e. The molecule has 7 heteroatoms. The zero-order valence-electron chi connectivity index (χ0n) is 18.6. The second kappa shape index (κ2) is 10.1. The maximum Gasteiger partial charge on any atom is 0.108 e. The molecule has 5 atom stereocenters. The monoisotopic (exact) mass is 459 g/mol. The number of methoxy groups -OCH3 is 1. The minimum Gasteiger partial charge on any atom is -0.395 e. The van der Waals surface area contributed by atoms with E-state index in [1.807, 2.05) is 0 Å². The van der Waals surface area contributed by atoms with Crippen LogP contribution in [-0.2, 0) is 30.7 Å². The molecule has 2 aliphatic heterocycles. The average molecular weight is 460 g/mol. The maximum absolute atomic E-state index is 10.8. The second-order valence-corrected chi connectivity index (χ2v) is 10.1. The summed E-state index contributed by atoms with van der Waals surface area (Å²) >= 11 is 1.32. The lowest BCUT2D eigenvalue weighted by molar-refractivity contribution is -0.0701. The molecule has 0 spiro atoms. The van der Waals surface area contributed by atoms with Gasteiger partial charge < -0.3 is 30.1 Å². The van der Waals surface area contributed by atoms with Crippen LogP contribution < -0.4 is 4.90 Å². The third-order valence-electron chi connectivity index (χ3n) is 6.64. The summed E-state index contributed by atoms with van der Waals surface area (Å²) in [6, 6.07) is 13.0. The van der Waals surface area contributed by atoms with Gasteiger partial charge in [-0.1, -0.05) is 37.3 Å². The van der Waals surface area contributed by atoms with Gasteiger partial charge in [-0.15, -0.1) is 11.8 Å². The van der Waals surface area contributed by atoms with Gasteiger partial charge in [-0.2, -0.15) is 0 Å².